The lowest BCUT2D eigenvalue weighted by Crippen LogP contribution is -2.04. The van der Waals surface area contributed by atoms with Gasteiger partial charge in [0, 0.05) is 17.3 Å². The smallest absolute Gasteiger partial charge is 0.142 e. The maximum Gasteiger partial charge on any atom is 0.142 e. The molecule has 1 aromatic carbocycles. The number of aliphatic hydroxyl groups is 1. The van der Waals surface area contributed by atoms with Crippen LogP contribution in [-0.2, 0) is 0 Å². The monoisotopic (exact) mass is 219 g/mol. The van der Waals surface area contributed by atoms with E-state index in [1.54, 1.807) is 37.7 Å². The number of aromatic nitrogens is 2. The van der Waals surface area contributed by atoms with Crippen molar-refractivity contribution in [3.05, 3.63) is 41.7 Å². The fourth-order valence-electron chi connectivity index (χ4n) is 1.57. The quantitative estimate of drug-likeness (QED) is 0.674. The molecule has 0 aliphatic carbocycles. The molecule has 0 amide bonds. The Balaban J connectivity index is 2.41. The van der Waals surface area contributed by atoms with E-state index in [0.717, 1.165) is 0 Å². The van der Waals surface area contributed by atoms with E-state index in [-0.39, 0.29) is 0 Å². The van der Waals surface area contributed by atoms with Gasteiger partial charge in [0.2, 0.25) is 0 Å². The van der Waals surface area contributed by atoms with Gasteiger partial charge in [0.05, 0.1) is 19.0 Å². The number of anilines is 1. The van der Waals surface area contributed by atoms with E-state index in [4.69, 9.17) is 10.5 Å². The number of benzene rings is 1. The SMILES string of the molecule is COc1cccc(C(O)c2cn[nH]c2)c1N. The Morgan fingerprint density at radius 1 is 1.50 bits per heavy atom. The molecule has 5 heteroatoms. The van der Waals surface area contributed by atoms with Gasteiger partial charge < -0.3 is 15.6 Å². The lowest BCUT2D eigenvalue weighted by atomic mass is 10.0. The van der Waals surface area contributed by atoms with Crippen molar-refractivity contribution in [1.29, 1.82) is 0 Å². The van der Waals surface area contributed by atoms with Crippen LogP contribution in [0.15, 0.2) is 30.6 Å². The van der Waals surface area contributed by atoms with Crippen LogP contribution in [0.2, 0.25) is 0 Å². The predicted molar refractivity (Wildman–Crippen MR) is 60.1 cm³/mol. The average Bonchev–Trinajstić information content (AvgIpc) is 2.82. The first kappa shape index (κ1) is 10.5. The van der Waals surface area contributed by atoms with Crippen LogP contribution in [-0.4, -0.2) is 22.4 Å². The third-order valence-corrected chi connectivity index (χ3v) is 2.45. The Morgan fingerprint density at radius 2 is 2.31 bits per heavy atom. The van der Waals surface area contributed by atoms with Crippen molar-refractivity contribution in [2.75, 3.05) is 12.8 Å². The normalized spacial score (nSPS) is 12.4. The summed E-state index contributed by atoms with van der Waals surface area (Å²) in [6, 6.07) is 5.30. The van der Waals surface area contributed by atoms with E-state index >= 15 is 0 Å². The maximum atomic E-state index is 10.1. The molecular formula is C11H13N3O2. The summed E-state index contributed by atoms with van der Waals surface area (Å²) in [7, 11) is 1.54. The second-order valence-corrected chi connectivity index (χ2v) is 3.40. The van der Waals surface area contributed by atoms with Gasteiger partial charge in [-0.15, -0.1) is 0 Å². The number of nitrogens with one attached hydrogen (secondary N) is 1. The lowest BCUT2D eigenvalue weighted by Gasteiger charge is -2.14. The molecule has 0 saturated heterocycles. The third-order valence-electron chi connectivity index (χ3n) is 2.45. The highest BCUT2D eigenvalue weighted by Gasteiger charge is 2.16. The zero-order valence-corrected chi connectivity index (χ0v) is 8.84. The molecule has 2 rings (SSSR count). The molecule has 0 aliphatic rings. The topological polar surface area (TPSA) is 84.2 Å². The summed E-state index contributed by atoms with van der Waals surface area (Å²) in [5, 5.41) is 16.5. The largest absolute Gasteiger partial charge is 0.495 e. The molecule has 0 saturated carbocycles. The Hall–Kier alpha value is -2.01. The molecule has 0 bridgehead atoms. The highest BCUT2D eigenvalue weighted by Crippen LogP contribution is 2.32. The molecule has 5 nitrogen and oxygen atoms in total. The highest BCUT2D eigenvalue weighted by molar-refractivity contribution is 5.60. The molecule has 1 aromatic heterocycles. The van der Waals surface area contributed by atoms with Crippen molar-refractivity contribution in [3.63, 3.8) is 0 Å². The van der Waals surface area contributed by atoms with Crippen LogP contribution in [0, 0.1) is 0 Å². The molecule has 1 unspecified atom stereocenters. The Bertz CT molecular complexity index is 468. The van der Waals surface area contributed by atoms with Crippen molar-refractivity contribution in [2.24, 2.45) is 0 Å². The van der Waals surface area contributed by atoms with E-state index in [0.29, 0.717) is 22.6 Å². The van der Waals surface area contributed by atoms with E-state index in [9.17, 15) is 5.11 Å². The zero-order chi connectivity index (χ0) is 11.5. The maximum absolute atomic E-state index is 10.1. The number of hydrogen-bond acceptors (Lipinski definition) is 4. The van der Waals surface area contributed by atoms with Crippen LogP contribution in [0.5, 0.6) is 5.75 Å². The number of H-pyrrole nitrogens is 1. The Labute approximate surface area is 92.9 Å². The van der Waals surface area contributed by atoms with E-state index < -0.39 is 6.10 Å². The fourth-order valence-corrected chi connectivity index (χ4v) is 1.57. The van der Waals surface area contributed by atoms with Gasteiger partial charge >= 0.3 is 0 Å². The molecule has 1 atom stereocenters. The summed E-state index contributed by atoms with van der Waals surface area (Å²) in [4.78, 5) is 0. The standard InChI is InChI=1S/C11H13N3O2/c1-16-9-4-2-3-8(10(9)12)11(15)7-5-13-14-6-7/h2-6,11,15H,12H2,1H3,(H,13,14). The van der Waals surface area contributed by atoms with E-state index in [2.05, 4.69) is 10.2 Å². The number of hydrogen-bond donors (Lipinski definition) is 3. The second kappa shape index (κ2) is 4.24. The summed E-state index contributed by atoms with van der Waals surface area (Å²) in [6.07, 6.45) is 2.39. The van der Waals surface area contributed by atoms with E-state index in [1.807, 2.05) is 0 Å². The number of para-hydroxylation sites is 1. The third kappa shape index (κ3) is 1.72. The van der Waals surface area contributed by atoms with E-state index in [1.165, 1.54) is 0 Å². The highest BCUT2D eigenvalue weighted by atomic mass is 16.5. The number of ether oxygens (including phenoxy) is 1. The van der Waals surface area contributed by atoms with Gasteiger partial charge in [0.15, 0.2) is 0 Å². The van der Waals surface area contributed by atoms with Crippen molar-refractivity contribution < 1.29 is 9.84 Å². The fraction of sp³-hybridized carbons (Fsp3) is 0.182. The average molecular weight is 219 g/mol. The molecule has 84 valence electrons. The van der Waals surface area contributed by atoms with Crippen LogP contribution >= 0.6 is 0 Å². The van der Waals surface area contributed by atoms with Crippen LogP contribution in [0.3, 0.4) is 0 Å². The van der Waals surface area contributed by atoms with Crippen LogP contribution in [0.1, 0.15) is 17.2 Å². The summed E-state index contributed by atoms with van der Waals surface area (Å²) in [5.74, 6) is 0.556. The first-order chi connectivity index (χ1) is 7.74. The number of nitrogens with zero attached hydrogens (tertiary/aromatic N) is 1. The first-order valence-corrected chi connectivity index (χ1v) is 4.83. The minimum absolute atomic E-state index is 0.443. The van der Waals surface area contributed by atoms with Gasteiger partial charge in [-0.05, 0) is 6.07 Å². The number of rotatable bonds is 3. The summed E-state index contributed by atoms with van der Waals surface area (Å²) in [5.41, 5.74) is 7.61. The summed E-state index contributed by atoms with van der Waals surface area (Å²) >= 11 is 0. The molecule has 16 heavy (non-hydrogen) atoms. The molecule has 0 fully saturated rings. The van der Waals surface area contributed by atoms with Crippen molar-refractivity contribution in [1.82, 2.24) is 10.2 Å². The molecular weight excluding hydrogens is 206 g/mol. The van der Waals surface area contributed by atoms with Crippen molar-refractivity contribution in [3.8, 4) is 5.75 Å². The number of methoxy groups -OCH3 is 1. The number of aliphatic hydroxyl groups excluding tert-OH is 1. The number of aromatic amines is 1. The summed E-state index contributed by atoms with van der Waals surface area (Å²) < 4.78 is 5.09. The van der Waals surface area contributed by atoms with Crippen LogP contribution in [0.4, 0.5) is 5.69 Å². The van der Waals surface area contributed by atoms with Gasteiger partial charge in [-0.1, -0.05) is 12.1 Å². The van der Waals surface area contributed by atoms with Crippen LogP contribution in [0.25, 0.3) is 0 Å². The van der Waals surface area contributed by atoms with Gasteiger partial charge in [0.1, 0.15) is 11.9 Å². The molecule has 0 aliphatic heterocycles. The Kier molecular flexibility index (Phi) is 2.78. The minimum atomic E-state index is -0.797. The van der Waals surface area contributed by atoms with Crippen molar-refractivity contribution >= 4 is 5.69 Å². The van der Waals surface area contributed by atoms with Gasteiger partial charge in [-0.25, -0.2) is 0 Å². The second-order valence-electron chi connectivity index (χ2n) is 3.40. The number of nitrogen functional groups attached to an aromatic ring is 1. The summed E-state index contributed by atoms with van der Waals surface area (Å²) in [6.45, 7) is 0. The molecule has 0 spiro atoms. The predicted octanol–water partition coefficient (Wildman–Crippen LogP) is 1.08. The zero-order valence-electron chi connectivity index (χ0n) is 8.84. The van der Waals surface area contributed by atoms with Gasteiger partial charge in [-0.2, -0.15) is 5.10 Å². The Morgan fingerprint density at radius 3 is 2.94 bits per heavy atom. The first-order valence-electron chi connectivity index (χ1n) is 4.83. The van der Waals surface area contributed by atoms with Gasteiger partial charge in [0.25, 0.3) is 0 Å². The lowest BCUT2D eigenvalue weighted by molar-refractivity contribution is 0.220. The van der Waals surface area contributed by atoms with Gasteiger partial charge in [-0.3, -0.25) is 5.10 Å². The molecule has 1 heterocycles. The molecule has 0 radical (unpaired) electrons. The minimum Gasteiger partial charge on any atom is -0.495 e. The number of nitrogens with two attached hydrogens (primary N) is 1. The molecule has 2 aromatic rings. The molecule has 4 N–H and O–H groups in total. The van der Waals surface area contributed by atoms with Crippen LogP contribution < -0.4 is 10.5 Å². The van der Waals surface area contributed by atoms with Crippen molar-refractivity contribution in [2.45, 2.75) is 6.10 Å².